The number of nitrogens with zero attached hydrogens (tertiary/aromatic N) is 4. The van der Waals surface area contributed by atoms with Crippen molar-refractivity contribution in [2.45, 2.75) is 65.0 Å². The van der Waals surface area contributed by atoms with Crippen molar-refractivity contribution in [3.05, 3.63) is 17.5 Å². The Morgan fingerprint density at radius 3 is 2.61 bits per heavy atom. The maximum atomic E-state index is 12.9. The molecule has 2 aliphatic rings. The average molecular weight is 318 g/mol. The summed E-state index contributed by atoms with van der Waals surface area (Å²) in [6.45, 7) is 8.93. The third-order valence-electron chi connectivity index (χ3n) is 5.26. The van der Waals surface area contributed by atoms with Crippen LogP contribution in [-0.2, 0) is 6.54 Å². The van der Waals surface area contributed by atoms with Gasteiger partial charge in [-0.05, 0) is 58.7 Å². The number of hydrogen-bond donors (Lipinski definition) is 0. The Labute approximate surface area is 139 Å². The van der Waals surface area contributed by atoms with Crippen LogP contribution in [0.1, 0.15) is 61.6 Å². The van der Waals surface area contributed by atoms with E-state index in [1.54, 1.807) is 0 Å². The molecule has 128 valence electrons. The van der Waals surface area contributed by atoms with E-state index in [0.29, 0.717) is 6.04 Å². The van der Waals surface area contributed by atoms with Gasteiger partial charge in [0, 0.05) is 25.7 Å². The topological polar surface area (TPSA) is 41.4 Å². The zero-order chi connectivity index (χ0) is 16.2. The van der Waals surface area contributed by atoms with Crippen LogP contribution in [0.15, 0.2) is 6.07 Å². The number of aryl methyl sites for hydroxylation is 2. The Bertz CT molecular complexity index is 531. The van der Waals surface area contributed by atoms with E-state index in [1.165, 1.54) is 45.2 Å². The zero-order valence-electron chi connectivity index (χ0n) is 14.6. The molecule has 23 heavy (non-hydrogen) atoms. The quantitative estimate of drug-likeness (QED) is 0.860. The second-order valence-electron chi connectivity index (χ2n) is 6.98. The average Bonchev–Trinajstić information content (AvgIpc) is 2.77. The van der Waals surface area contributed by atoms with Crippen LogP contribution < -0.4 is 0 Å². The van der Waals surface area contributed by atoms with Gasteiger partial charge in [0.2, 0.25) is 0 Å². The molecule has 0 aromatic carbocycles. The van der Waals surface area contributed by atoms with Gasteiger partial charge >= 0.3 is 0 Å². The lowest BCUT2D eigenvalue weighted by Crippen LogP contribution is -2.50. The minimum Gasteiger partial charge on any atom is -0.336 e. The van der Waals surface area contributed by atoms with Gasteiger partial charge in [0.15, 0.2) is 0 Å². The van der Waals surface area contributed by atoms with Crippen LogP contribution in [0, 0.1) is 6.92 Å². The van der Waals surface area contributed by atoms with Gasteiger partial charge in [-0.25, -0.2) is 0 Å². The molecule has 1 aromatic heterocycles. The molecular weight excluding hydrogens is 288 g/mol. The fourth-order valence-electron chi connectivity index (χ4n) is 4.02. The first-order chi connectivity index (χ1) is 11.2. The molecule has 1 atom stereocenters. The van der Waals surface area contributed by atoms with Gasteiger partial charge in [-0.2, -0.15) is 5.10 Å². The summed E-state index contributed by atoms with van der Waals surface area (Å²) >= 11 is 0. The summed E-state index contributed by atoms with van der Waals surface area (Å²) in [5.41, 5.74) is 1.68. The number of rotatable bonds is 3. The molecule has 5 heteroatoms. The Morgan fingerprint density at radius 1 is 1.17 bits per heavy atom. The van der Waals surface area contributed by atoms with Gasteiger partial charge in [0.05, 0.1) is 5.69 Å². The van der Waals surface area contributed by atoms with Gasteiger partial charge in [-0.1, -0.05) is 12.8 Å². The van der Waals surface area contributed by atoms with E-state index in [1.807, 2.05) is 24.6 Å². The molecule has 3 heterocycles. The van der Waals surface area contributed by atoms with Crippen LogP contribution in [0.5, 0.6) is 0 Å². The van der Waals surface area contributed by atoms with E-state index >= 15 is 0 Å². The number of likely N-dealkylation sites (tertiary alicyclic amines) is 2. The molecule has 1 aromatic rings. The molecule has 0 aliphatic carbocycles. The summed E-state index contributed by atoms with van der Waals surface area (Å²) in [6, 6.07) is 2.48. The lowest BCUT2D eigenvalue weighted by Gasteiger charge is -2.39. The number of carbonyl (C=O) groups is 1. The van der Waals surface area contributed by atoms with E-state index in [9.17, 15) is 4.79 Å². The maximum Gasteiger partial charge on any atom is 0.272 e. The molecule has 1 amide bonds. The second kappa shape index (κ2) is 7.47. The number of aromatic nitrogens is 2. The fraction of sp³-hybridized carbons (Fsp3) is 0.778. The molecule has 2 saturated heterocycles. The minimum atomic E-state index is 0.159. The zero-order valence-corrected chi connectivity index (χ0v) is 14.6. The van der Waals surface area contributed by atoms with Crippen molar-refractivity contribution in [3.8, 4) is 0 Å². The van der Waals surface area contributed by atoms with Crippen molar-refractivity contribution < 1.29 is 4.79 Å². The smallest absolute Gasteiger partial charge is 0.272 e. The number of carbonyl (C=O) groups excluding carboxylic acids is 1. The standard InChI is InChI=1S/C18H30N4O/c1-3-22-17(13-15(2)19-22)18(23)21-12-8-9-16(14-21)20-10-6-4-5-7-11-20/h13,16H,3-12,14H2,1-2H3/t16-/m0/s1. The van der Waals surface area contributed by atoms with Crippen molar-refractivity contribution in [2.75, 3.05) is 26.2 Å². The van der Waals surface area contributed by atoms with Crippen LogP contribution in [0.4, 0.5) is 0 Å². The molecule has 0 spiro atoms. The fourth-order valence-corrected chi connectivity index (χ4v) is 4.02. The van der Waals surface area contributed by atoms with E-state index in [4.69, 9.17) is 0 Å². The Kier molecular flexibility index (Phi) is 5.36. The van der Waals surface area contributed by atoms with Gasteiger partial charge in [-0.3, -0.25) is 14.4 Å². The summed E-state index contributed by atoms with van der Waals surface area (Å²) in [5, 5.41) is 4.43. The molecule has 2 fully saturated rings. The highest BCUT2D eigenvalue weighted by molar-refractivity contribution is 5.92. The largest absolute Gasteiger partial charge is 0.336 e. The van der Waals surface area contributed by atoms with Gasteiger partial charge < -0.3 is 4.90 Å². The third kappa shape index (κ3) is 3.77. The molecule has 0 saturated carbocycles. The summed E-state index contributed by atoms with van der Waals surface area (Å²) in [4.78, 5) is 17.6. The molecule has 2 aliphatic heterocycles. The number of hydrogen-bond acceptors (Lipinski definition) is 3. The van der Waals surface area contributed by atoms with E-state index in [-0.39, 0.29) is 5.91 Å². The molecule has 3 rings (SSSR count). The van der Waals surface area contributed by atoms with Crippen LogP contribution in [0.3, 0.4) is 0 Å². The lowest BCUT2D eigenvalue weighted by molar-refractivity contribution is 0.0567. The molecular formula is C18H30N4O. The molecule has 0 N–H and O–H groups in total. The molecule has 5 nitrogen and oxygen atoms in total. The van der Waals surface area contributed by atoms with Crippen LogP contribution in [0.2, 0.25) is 0 Å². The van der Waals surface area contributed by atoms with Crippen molar-refractivity contribution >= 4 is 5.91 Å². The van der Waals surface area contributed by atoms with Gasteiger partial charge in [-0.15, -0.1) is 0 Å². The number of amides is 1. The predicted molar refractivity (Wildman–Crippen MR) is 91.6 cm³/mol. The number of piperidine rings is 1. The van der Waals surface area contributed by atoms with Crippen molar-refractivity contribution in [3.63, 3.8) is 0 Å². The maximum absolute atomic E-state index is 12.9. The summed E-state index contributed by atoms with van der Waals surface area (Å²) < 4.78 is 1.84. The Balaban J connectivity index is 1.68. The highest BCUT2D eigenvalue weighted by Gasteiger charge is 2.29. The summed E-state index contributed by atoms with van der Waals surface area (Å²) in [5.74, 6) is 0.159. The van der Waals surface area contributed by atoms with Crippen molar-refractivity contribution in [1.82, 2.24) is 19.6 Å². The predicted octanol–water partition coefficient (Wildman–Crippen LogP) is 2.69. The SMILES string of the molecule is CCn1nc(C)cc1C(=O)N1CCC[C@H](N2CCCCCC2)C1. The highest BCUT2D eigenvalue weighted by Crippen LogP contribution is 2.21. The molecule has 0 bridgehead atoms. The van der Waals surface area contributed by atoms with Gasteiger partial charge in [0.25, 0.3) is 5.91 Å². The Morgan fingerprint density at radius 2 is 1.91 bits per heavy atom. The van der Waals surface area contributed by atoms with Crippen molar-refractivity contribution in [2.24, 2.45) is 0 Å². The van der Waals surface area contributed by atoms with Crippen LogP contribution >= 0.6 is 0 Å². The lowest BCUT2D eigenvalue weighted by atomic mass is 10.0. The first-order valence-electron chi connectivity index (χ1n) is 9.27. The monoisotopic (exact) mass is 318 g/mol. The van der Waals surface area contributed by atoms with E-state index in [2.05, 4.69) is 14.9 Å². The Hall–Kier alpha value is -1.36. The first kappa shape index (κ1) is 16.5. The summed E-state index contributed by atoms with van der Waals surface area (Å²) in [6.07, 6.45) is 7.70. The first-order valence-corrected chi connectivity index (χ1v) is 9.27. The van der Waals surface area contributed by atoms with Crippen molar-refractivity contribution in [1.29, 1.82) is 0 Å². The van der Waals surface area contributed by atoms with E-state index in [0.717, 1.165) is 37.4 Å². The molecule has 0 unspecified atom stereocenters. The summed E-state index contributed by atoms with van der Waals surface area (Å²) in [7, 11) is 0. The highest BCUT2D eigenvalue weighted by atomic mass is 16.2. The van der Waals surface area contributed by atoms with Crippen LogP contribution in [-0.4, -0.2) is 57.7 Å². The third-order valence-corrected chi connectivity index (χ3v) is 5.26. The van der Waals surface area contributed by atoms with E-state index < -0.39 is 0 Å². The molecule has 0 radical (unpaired) electrons. The normalized spacial score (nSPS) is 23.7. The van der Waals surface area contributed by atoms with Gasteiger partial charge in [0.1, 0.15) is 5.69 Å². The van der Waals surface area contributed by atoms with Crippen LogP contribution in [0.25, 0.3) is 0 Å². The minimum absolute atomic E-state index is 0.159. The second-order valence-corrected chi connectivity index (χ2v) is 6.98.